The summed E-state index contributed by atoms with van der Waals surface area (Å²) in [6.45, 7) is 0. The maximum absolute atomic E-state index is 11.2. The van der Waals surface area contributed by atoms with E-state index in [9.17, 15) is 9.59 Å². The lowest BCUT2D eigenvalue weighted by Crippen LogP contribution is -1.89. The number of benzene rings is 4. The zero-order valence-corrected chi connectivity index (χ0v) is 13.8. The lowest BCUT2D eigenvalue weighted by molar-refractivity contribution is 0.111. The molecule has 0 amide bonds. The molecule has 0 aliphatic heterocycles. The fraction of sp³-hybridized carbons (Fsp3) is 0. The number of hydrogen-bond acceptors (Lipinski definition) is 3. The van der Waals surface area contributed by atoms with Gasteiger partial charge in [-0.1, -0.05) is 48.5 Å². The van der Waals surface area contributed by atoms with Crippen molar-refractivity contribution in [3.05, 3.63) is 77.9 Å². The second-order valence-electron chi connectivity index (χ2n) is 6.46. The van der Waals surface area contributed by atoms with E-state index in [2.05, 4.69) is 18.2 Å². The molecule has 0 spiro atoms. The van der Waals surface area contributed by atoms with E-state index in [-0.39, 0.29) is 0 Å². The molecule has 122 valence electrons. The SMILES string of the molecule is O=Cc1ccc2ccc3cc4ccc5ccc(C=O)cc5c4nc3c2c1. The van der Waals surface area contributed by atoms with Crippen LogP contribution in [-0.2, 0) is 0 Å². The molecule has 1 aromatic heterocycles. The Morgan fingerprint density at radius 3 is 1.42 bits per heavy atom. The van der Waals surface area contributed by atoms with Crippen LogP contribution in [0.5, 0.6) is 0 Å². The van der Waals surface area contributed by atoms with E-state index in [1.807, 2.05) is 48.5 Å². The molecule has 4 aromatic carbocycles. The van der Waals surface area contributed by atoms with Crippen molar-refractivity contribution in [3.8, 4) is 0 Å². The number of pyridine rings is 1. The minimum absolute atomic E-state index is 0.632. The second kappa shape index (κ2) is 5.46. The van der Waals surface area contributed by atoms with Crippen LogP contribution in [-0.4, -0.2) is 17.6 Å². The van der Waals surface area contributed by atoms with Gasteiger partial charge in [0.1, 0.15) is 12.6 Å². The van der Waals surface area contributed by atoms with E-state index < -0.39 is 0 Å². The molecule has 1 heterocycles. The Balaban J connectivity index is 1.98. The van der Waals surface area contributed by atoms with Crippen molar-refractivity contribution in [2.75, 3.05) is 0 Å². The number of aldehydes is 2. The van der Waals surface area contributed by atoms with Gasteiger partial charge in [0.15, 0.2) is 0 Å². The number of rotatable bonds is 2. The lowest BCUT2D eigenvalue weighted by Gasteiger charge is -2.09. The molecule has 5 rings (SSSR count). The van der Waals surface area contributed by atoms with E-state index >= 15 is 0 Å². The molecular weight excluding hydrogens is 322 g/mol. The van der Waals surface area contributed by atoms with Crippen LogP contribution in [0.4, 0.5) is 0 Å². The fourth-order valence-electron chi connectivity index (χ4n) is 3.59. The second-order valence-corrected chi connectivity index (χ2v) is 6.46. The first-order valence-electron chi connectivity index (χ1n) is 8.37. The topological polar surface area (TPSA) is 47.0 Å². The third kappa shape index (κ3) is 2.11. The van der Waals surface area contributed by atoms with E-state index in [0.29, 0.717) is 11.1 Å². The first kappa shape index (κ1) is 14.7. The van der Waals surface area contributed by atoms with Gasteiger partial charge in [0.25, 0.3) is 0 Å². The van der Waals surface area contributed by atoms with Gasteiger partial charge in [-0.2, -0.15) is 0 Å². The predicted molar refractivity (Wildman–Crippen MR) is 105 cm³/mol. The largest absolute Gasteiger partial charge is 0.298 e. The molecule has 0 atom stereocenters. The highest BCUT2D eigenvalue weighted by molar-refractivity contribution is 6.14. The van der Waals surface area contributed by atoms with Gasteiger partial charge >= 0.3 is 0 Å². The summed E-state index contributed by atoms with van der Waals surface area (Å²) < 4.78 is 0. The van der Waals surface area contributed by atoms with Gasteiger partial charge in [-0.15, -0.1) is 0 Å². The molecule has 0 bridgehead atoms. The van der Waals surface area contributed by atoms with Gasteiger partial charge < -0.3 is 0 Å². The standard InChI is InChI=1S/C23H13NO2/c25-12-14-1-3-16-5-7-18-11-19-8-6-17-4-2-15(13-26)10-21(17)23(19)24-22(18)20(16)9-14/h1-13H. The number of hydrogen-bond donors (Lipinski definition) is 0. The van der Waals surface area contributed by atoms with E-state index in [1.165, 1.54) is 0 Å². The molecule has 0 saturated heterocycles. The van der Waals surface area contributed by atoms with Crippen molar-refractivity contribution < 1.29 is 9.59 Å². The lowest BCUT2D eigenvalue weighted by atomic mass is 10.00. The molecule has 0 radical (unpaired) electrons. The summed E-state index contributed by atoms with van der Waals surface area (Å²) in [6.07, 6.45) is 1.70. The van der Waals surface area contributed by atoms with Crippen LogP contribution in [0.1, 0.15) is 20.7 Å². The van der Waals surface area contributed by atoms with Crippen LogP contribution in [0.15, 0.2) is 66.7 Å². The number of carbonyl (C=O) groups is 2. The molecular formula is C23H13NO2. The molecule has 0 unspecified atom stereocenters. The highest BCUT2D eigenvalue weighted by Crippen LogP contribution is 2.31. The number of fused-ring (bicyclic) bond motifs is 6. The Hall–Kier alpha value is -3.59. The highest BCUT2D eigenvalue weighted by atomic mass is 16.1. The smallest absolute Gasteiger partial charge is 0.150 e. The normalized spacial score (nSPS) is 11.4. The van der Waals surface area contributed by atoms with Crippen LogP contribution >= 0.6 is 0 Å². The third-order valence-electron chi connectivity index (χ3n) is 4.90. The molecule has 0 aliphatic rings. The number of nitrogens with zero attached hydrogens (tertiary/aromatic N) is 1. The Labute approximate surface area is 148 Å². The summed E-state index contributed by atoms with van der Waals surface area (Å²) in [6, 6.07) is 21.6. The maximum Gasteiger partial charge on any atom is 0.150 e. The first-order chi connectivity index (χ1) is 12.8. The van der Waals surface area contributed by atoms with Gasteiger partial charge in [0.05, 0.1) is 11.0 Å². The fourth-order valence-corrected chi connectivity index (χ4v) is 3.59. The summed E-state index contributed by atoms with van der Waals surface area (Å²) >= 11 is 0. The van der Waals surface area contributed by atoms with Gasteiger partial charge in [-0.25, -0.2) is 4.98 Å². The van der Waals surface area contributed by atoms with Crippen molar-refractivity contribution in [1.29, 1.82) is 0 Å². The van der Waals surface area contributed by atoms with Gasteiger partial charge in [0, 0.05) is 32.7 Å². The van der Waals surface area contributed by atoms with Crippen LogP contribution in [0.25, 0.3) is 43.4 Å². The summed E-state index contributed by atoms with van der Waals surface area (Å²) in [4.78, 5) is 27.3. The molecule has 0 aliphatic carbocycles. The van der Waals surface area contributed by atoms with E-state index in [0.717, 1.165) is 55.9 Å². The van der Waals surface area contributed by atoms with Crippen molar-refractivity contribution >= 4 is 55.9 Å². The summed E-state index contributed by atoms with van der Waals surface area (Å²) in [5, 5.41) is 6.06. The molecule has 5 aromatic rings. The van der Waals surface area contributed by atoms with Crippen molar-refractivity contribution in [3.63, 3.8) is 0 Å². The number of aromatic nitrogens is 1. The molecule has 0 fully saturated rings. The van der Waals surface area contributed by atoms with Crippen LogP contribution in [0.2, 0.25) is 0 Å². The minimum atomic E-state index is 0.632. The Morgan fingerprint density at radius 2 is 0.962 bits per heavy atom. The number of carbonyl (C=O) groups excluding carboxylic acids is 2. The molecule has 0 N–H and O–H groups in total. The zero-order valence-electron chi connectivity index (χ0n) is 13.8. The van der Waals surface area contributed by atoms with Crippen molar-refractivity contribution in [1.82, 2.24) is 4.98 Å². The summed E-state index contributed by atoms with van der Waals surface area (Å²) in [5.74, 6) is 0. The summed E-state index contributed by atoms with van der Waals surface area (Å²) in [5.41, 5.74) is 2.99. The van der Waals surface area contributed by atoms with Crippen LogP contribution < -0.4 is 0 Å². The van der Waals surface area contributed by atoms with E-state index in [1.54, 1.807) is 0 Å². The summed E-state index contributed by atoms with van der Waals surface area (Å²) in [7, 11) is 0. The molecule has 3 heteroatoms. The van der Waals surface area contributed by atoms with Crippen molar-refractivity contribution in [2.24, 2.45) is 0 Å². The molecule has 3 nitrogen and oxygen atoms in total. The third-order valence-corrected chi connectivity index (χ3v) is 4.90. The Morgan fingerprint density at radius 1 is 0.538 bits per heavy atom. The van der Waals surface area contributed by atoms with E-state index in [4.69, 9.17) is 4.98 Å². The Kier molecular flexibility index (Phi) is 3.09. The van der Waals surface area contributed by atoms with Crippen LogP contribution in [0.3, 0.4) is 0 Å². The first-order valence-corrected chi connectivity index (χ1v) is 8.37. The van der Waals surface area contributed by atoms with Crippen molar-refractivity contribution in [2.45, 2.75) is 0 Å². The predicted octanol–water partition coefficient (Wildman–Crippen LogP) is 5.32. The highest BCUT2D eigenvalue weighted by Gasteiger charge is 2.08. The quantitative estimate of drug-likeness (QED) is 0.249. The van der Waals surface area contributed by atoms with Gasteiger partial charge in [-0.3, -0.25) is 9.59 Å². The average molecular weight is 335 g/mol. The van der Waals surface area contributed by atoms with Gasteiger partial charge in [-0.05, 0) is 29.0 Å². The maximum atomic E-state index is 11.2. The van der Waals surface area contributed by atoms with Gasteiger partial charge in [0.2, 0.25) is 0 Å². The monoisotopic (exact) mass is 335 g/mol. The minimum Gasteiger partial charge on any atom is -0.298 e. The molecule has 0 saturated carbocycles. The molecule has 26 heavy (non-hydrogen) atoms. The Bertz CT molecular complexity index is 1270. The van der Waals surface area contributed by atoms with Crippen LogP contribution in [0, 0.1) is 0 Å². The zero-order chi connectivity index (χ0) is 17.7. The average Bonchev–Trinajstić information content (AvgIpc) is 2.71.